The first-order valence-electron chi connectivity index (χ1n) is 9.70. The van der Waals surface area contributed by atoms with Gasteiger partial charge < -0.3 is 20.0 Å². The van der Waals surface area contributed by atoms with E-state index in [0.29, 0.717) is 35.0 Å². The molecule has 0 spiro atoms. The molecule has 33 heavy (non-hydrogen) atoms. The summed E-state index contributed by atoms with van der Waals surface area (Å²) in [5, 5.41) is 12.4. The second-order valence-corrected chi connectivity index (χ2v) is 8.28. The Bertz CT molecular complexity index is 1260. The average Bonchev–Trinajstić information content (AvgIpc) is 3.57. The van der Waals surface area contributed by atoms with Gasteiger partial charge in [0, 0.05) is 29.1 Å². The van der Waals surface area contributed by atoms with Gasteiger partial charge in [-0.1, -0.05) is 0 Å². The number of nitriles is 1. The number of nitrogens with one attached hydrogen (secondary N) is 2. The first-order valence-corrected chi connectivity index (χ1v) is 11.4. The van der Waals surface area contributed by atoms with Crippen LogP contribution in [-0.4, -0.2) is 29.3 Å². The number of hydrogen-bond donors (Lipinski definition) is 3. The van der Waals surface area contributed by atoms with Crippen LogP contribution in [0.15, 0.2) is 70.3 Å². The molecule has 0 saturated heterocycles. The maximum atomic E-state index is 9.70. The molecule has 166 valence electrons. The summed E-state index contributed by atoms with van der Waals surface area (Å²) in [6, 6.07) is 11.2. The van der Waals surface area contributed by atoms with Gasteiger partial charge in [-0.3, -0.25) is 4.99 Å². The number of allylic oxidation sites excluding steroid dienone is 1. The number of nitrogens with two attached hydrogens (primary N) is 1. The van der Waals surface area contributed by atoms with Gasteiger partial charge in [-0.2, -0.15) is 10.7 Å². The van der Waals surface area contributed by atoms with Crippen LogP contribution in [0.2, 0.25) is 0 Å². The lowest BCUT2D eigenvalue weighted by Crippen LogP contribution is -2.09. The molecule has 0 saturated carbocycles. The van der Waals surface area contributed by atoms with E-state index in [1.807, 2.05) is 17.5 Å². The van der Waals surface area contributed by atoms with Crippen LogP contribution in [-0.2, 0) is 4.84 Å². The van der Waals surface area contributed by atoms with E-state index >= 15 is 0 Å². The number of benzene rings is 1. The van der Waals surface area contributed by atoms with Crippen LogP contribution in [0, 0.1) is 11.3 Å². The van der Waals surface area contributed by atoms with Crippen molar-refractivity contribution < 1.29 is 9.57 Å². The van der Waals surface area contributed by atoms with E-state index in [9.17, 15) is 5.26 Å². The molecule has 0 atom stereocenters. The number of hydroxylamine groups is 1. The summed E-state index contributed by atoms with van der Waals surface area (Å²) in [5.41, 5.74) is 11.4. The van der Waals surface area contributed by atoms with E-state index in [0.717, 1.165) is 21.3 Å². The topological polar surface area (TPSA) is 130 Å². The zero-order chi connectivity index (χ0) is 23.0. The summed E-state index contributed by atoms with van der Waals surface area (Å²) >= 11 is 2.87. The van der Waals surface area contributed by atoms with Crippen LogP contribution in [0.3, 0.4) is 0 Å². The average molecular weight is 478 g/mol. The molecule has 0 aliphatic carbocycles. The number of hydrogen-bond acceptors (Lipinski definition) is 11. The second-order valence-electron chi connectivity index (χ2n) is 6.51. The maximum Gasteiger partial charge on any atom is 0.192 e. The number of rotatable bonds is 8. The van der Waals surface area contributed by atoms with E-state index in [2.05, 4.69) is 26.2 Å². The lowest BCUT2D eigenvalue weighted by Gasteiger charge is -2.14. The van der Waals surface area contributed by atoms with Gasteiger partial charge in [0.05, 0.1) is 23.5 Å². The van der Waals surface area contributed by atoms with Crippen molar-refractivity contribution in [1.29, 1.82) is 5.26 Å². The lowest BCUT2D eigenvalue weighted by atomic mass is 10.1. The van der Waals surface area contributed by atoms with Crippen molar-refractivity contribution in [3.8, 4) is 17.6 Å². The highest BCUT2D eigenvalue weighted by Crippen LogP contribution is 2.32. The highest BCUT2D eigenvalue weighted by molar-refractivity contribution is 8.00. The quantitative estimate of drug-likeness (QED) is 0.324. The number of aliphatic imine (C=N–C) groups is 1. The normalized spacial score (nSPS) is 13.5. The standard InChI is InChI=1S/C22H19N7O2S2/c1-25-18(6-7-23)21-20(5-3-17(28-21)15-12-27-30-13-15)31-19-4-2-16(10-14(19)11-24)33-29-22-26-8-9-32-22/h2-10,13,27H,12,23H2,1H3,(H,26,29). The Kier molecular flexibility index (Phi) is 7.21. The molecule has 0 amide bonds. The molecule has 4 rings (SSSR count). The monoisotopic (exact) mass is 477 g/mol. The van der Waals surface area contributed by atoms with Gasteiger partial charge in [0.25, 0.3) is 0 Å². The highest BCUT2D eigenvalue weighted by atomic mass is 32.2. The molecule has 1 aliphatic rings. The fourth-order valence-electron chi connectivity index (χ4n) is 2.91. The van der Waals surface area contributed by atoms with Crippen molar-refractivity contribution in [3.63, 3.8) is 0 Å². The molecule has 1 aromatic carbocycles. The highest BCUT2D eigenvalue weighted by Gasteiger charge is 2.18. The van der Waals surface area contributed by atoms with E-state index < -0.39 is 0 Å². The Morgan fingerprint density at radius 1 is 1.39 bits per heavy atom. The third-order valence-electron chi connectivity index (χ3n) is 4.45. The minimum absolute atomic E-state index is 0.386. The predicted molar refractivity (Wildman–Crippen MR) is 130 cm³/mol. The van der Waals surface area contributed by atoms with Crippen LogP contribution in [0.25, 0.3) is 5.57 Å². The van der Waals surface area contributed by atoms with Crippen LogP contribution in [0.4, 0.5) is 5.13 Å². The molecule has 3 aromatic rings. The Hall–Kier alpha value is -3.85. The van der Waals surface area contributed by atoms with Gasteiger partial charge in [0.15, 0.2) is 10.9 Å². The molecule has 0 fully saturated rings. The van der Waals surface area contributed by atoms with Crippen LogP contribution in [0.5, 0.6) is 11.5 Å². The number of anilines is 1. The third kappa shape index (κ3) is 5.32. The van der Waals surface area contributed by atoms with Gasteiger partial charge in [-0.25, -0.2) is 9.97 Å². The number of pyridine rings is 1. The molecule has 1 aliphatic heterocycles. The SMILES string of the molecule is CN=C(C=CN)c1nc(C2=CONC2)ccc1Oc1ccc(SNc2nccs2)cc1C#N. The summed E-state index contributed by atoms with van der Waals surface area (Å²) in [6.07, 6.45) is 6.37. The first-order chi connectivity index (χ1) is 16.2. The number of nitrogens with zero attached hydrogens (tertiary/aromatic N) is 4. The predicted octanol–water partition coefficient (Wildman–Crippen LogP) is 4.09. The summed E-state index contributed by atoms with van der Waals surface area (Å²) in [5.74, 6) is 0.854. The molecule has 0 bridgehead atoms. The molecule has 9 nitrogen and oxygen atoms in total. The number of thiazole rings is 1. The fraction of sp³-hybridized carbons (Fsp3) is 0.0909. The van der Waals surface area contributed by atoms with E-state index in [4.69, 9.17) is 20.3 Å². The van der Waals surface area contributed by atoms with Crippen LogP contribution < -0.4 is 20.7 Å². The van der Waals surface area contributed by atoms with Crippen molar-refractivity contribution in [2.24, 2.45) is 10.7 Å². The molecule has 3 heterocycles. The summed E-state index contributed by atoms with van der Waals surface area (Å²) < 4.78 is 9.28. The molecule has 0 unspecified atom stereocenters. The number of aromatic nitrogens is 2. The molecule has 2 aromatic heterocycles. The van der Waals surface area contributed by atoms with Crippen molar-refractivity contribution in [1.82, 2.24) is 15.4 Å². The zero-order valence-corrected chi connectivity index (χ0v) is 19.1. The molecular formula is C22H19N7O2S2. The summed E-state index contributed by atoms with van der Waals surface area (Å²) in [6.45, 7) is 0.532. The molecule has 4 N–H and O–H groups in total. The third-order valence-corrected chi connectivity index (χ3v) is 6.05. The Morgan fingerprint density at radius 3 is 2.97 bits per heavy atom. The first kappa shape index (κ1) is 22.3. The van der Waals surface area contributed by atoms with Gasteiger partial charge in [0.2, 0.25) is 0 Å². The van der Waals surface area contributed by atoms with Crippen molar-refractivity contribution in [2.75, 3.05) is 18.3 Å². The fourth-order valence-corrected chi connectivity index (χ4v) is 4.17. The summed E-state index contributed by atoms with van der Waals surface area (Å²) in [4.78, 5) is 19.1. The molecule has 0 radical (unpaired) electrons. The van der Waals surface area contributed by atoms with Gasteiger partial charge >= 0.3 is 0 Å². The van der Waals surface area contributed by atoms with Gasteiger partial charge in [-0.15, -0.1) is 11.3 Å². The van der Waals surface area contributed by atoms with Crippen LogP contribution in [0.1, 0.15) is 17.0 Å². The zero-order valence-electron chi connectivity index (χ0n) is 17.5. The van der Waals surface area contributed by atoms with E-state index in [-0.39, 0.29) is 0 Å². The van der Waals surface area contributed by atoms with Crippen molar-refractivity contribution >= 4 is 39.7 Å². The van der Waals surface area contributed by atoms with Crippen molar-refractivity contribution in [2.45, 2.75) is 4.90 Å². The van der Waals surface area contributed by atoms with Gasteiger partial charge in [-0.05, 0) is 54.6 Å². The summed E-state index contributed by atoms with van der Waals surface area (Å²) in [7, 11) is 1.65. The van der Waals surface area contributed by atoms with Crippen molar-refractivity contribution in [3.05, 3.63) is 77.4 Å². The Labute approximate surface area is 198 Å². The number of ether oxygens (including phenoxy) is 1. The molecule has 11 heteroatoms. The van der Waals surface area contributed by atoms with E-state index in [1.54, 1.807) is 43.8 Å². The second kappa shape index (κ2) is 10.6. The Balaban J connectivity index is 1.63. The minimum Gasteiger partial charge on any atom is -0.454 e. The molecular weight excluding hydrogens is 458 g/mol. The Morgan fingerprint density at radius 2 is 2.27 bits per heavy atom. The minimum atomic E-state index is 0.386. The largest absolute Gasteiger partial charge is 0.454 e. The smallest absolute Gasteiger partial charge is 0.192 e. The maximum absolute atomic E-state index is 9.70. The van der Waals surface area contributed by atoms with Crippen LogP contribution >= 0.6 is 23.3 Å². The lowest BCUT2D eigenvalue weighted by molar-refractivity contribution is 0.168. The van der Waals surface area contributed by atoms with E-state index in [1.165, 1.54) is 29.5 Å². The van der Waals surface area contributed by atoms with Gasteiger partial charge in [0.1, 0.15) is 23.8 Å².